The molecule has 1 aliphatic heterocycles. The highest BCUT2D eigenvalue weighted by Crippen LogP contribution is 2.15. The van der Waals surface area contributed by atoms with Crippen molar-refractivity contribution in [1.82, 2.24) is 9.80 Å². The molecule has 1 unspecified atom stereocenters. The maximum atomic E-state index is 12.7. The summed E-state index contributed by atoms with van der Waals surface area (Å²) in [6.45, 7) is 8.02. The van der Waals surface area contributed by atoms with Crippen molar-refractivity contribution in [3.05, 3.63) is 35.9 Å². The van der Waals surface area contributed by atoms with Gasteiger partial charge in [-0.15, -0.1) is 0 Å². The minimum Gasteiger partial charge on any atom is -0.376 e. The maximum Gasteiger partial charge on any atom is 0.224 e. The predicted octanol–water partition coefficient (Wildman–Crippen LogP) is 2.84. The monoisotopic (exact) mass is 346 g/mol. The molecule has 1 fully saturated rings. The third-order valence-corrected chi connectivity index (χ3v) is 4.63. The number of hydrogen-bond donors (Lipinski definition) is 0. The van der Waals surface area contributed by atoms with Crippen molar-refractivity contribution in [2.45, 2.75) is 58.7 Å². The van der Waals surface area contributed by atoms with E-state index in [0.717, 1.165) is 25.0 Å². The third kappa shape index (κ3) is 6.16. The zero-order chi connectivity index (χ0) is 18.2. The van der Waals surface area contributed by atoms with Crippen molar-refractivity contribution in [1.29, 1.82) is 0 Å². The quantitative estimate of drug-likeness (QED) is 0.727. The zero-order valence-corrected chi connectivity index (χ0v) is 15.6. The lowest BCUT2D eigenvalue weighted by molar-refractivity contribution is -0.135. The first kappa shape index (κ1) is 19.4. The molecule has 0 radical (unpaired) electrons. The Morgan fingerprint density at radius 3 is 2.52 bits per heavy atom. The van der Waals surface area contributed by atoms with Gasteiger partial charge in [0.2, 0.25) is 11.8 Å². The average Bonchev–Trinajstić information content (AvgIpc) is 3.09. The van der Waals surface area contributed by atoms with Crippen LogP contribution in [0.3, 0.4) is 0 Å². The summed E-state index contributed by atoms with van der Waals surface area (Å²) in [6.07, 6.45) is 2.50. The van der Waals surface area contributed by atoms with Crippen molar-refractivity contribution in [2.75, 3.05) is 19.7 Å². The Morgan fingerprint density at radius 2 is 1.96 bits per heavy atom. The van der Waals surface area contributed by atoms with Crippen LogP contribution in [0.4, 0.5) is 0 Å². The SMILES string of the molecule is CC(=O)N(CCC(=O)N(Cc1ccccc1)C(C)C)CC1CCCO1. The van der Waals surface area contributed by atoms with Gasteiger partial charge in [0.25, 0.3) is 0 Å². The van der Waals surface area contributed by atoms with E-state index in [9.17, 15) is 9.59 Å². The summed E-state index contributed by atoms with van der Waals surface area (Å²) >= 11 is 0. The van der Waals surface area contributed by atoms with Crippen LogP contribution >= 0.6 is 0 Å². The number of benzene rings is 1. The minimum atomic E-state index is 0.00227. The minimum absolute atomic E-state index is 0.00227. The summed E-state index contributed by atoms with van der Waals surface area (Å²) in [5, 5.41) is 0. The molecular weight excluding hydrogens is 316 g/mol. The van der Waals surface area contributed by atoms with E-state index in [1.165, 1.54) is 0 Å². The largest absolute Gasteiger partial charge is 0.376 e. The second-order valence-corrected chi connectivity index (χ2v) is 6.95. The lowest BCUT2D eigenvalue weighted by Crippen LogP contribution is -2.41. The molecule has 2 amide bonds. The fraction of sp³-hybridized carbons (Fsp3) is 0.600. The van der Waals surface area contributed by atoms with Crippen LogP contribution in [0.2, 0.25) is 0 Å². The molecule has 5 heteroatoms. The molecular formula is C20H30N2O3. The summed E-state index contributed by atoms with van der Waals surface area (Å²) in [5.74, 6) is 0.0832. The van der Waals surface area contributed by atoms with Gasteiger partial charge in [-0.2, -0.15) is 0 Å². The van der Waals surface area contributed by atoms with Gasteiger partial charge in [-0.05, 0) is 32.3 Å². The Labute approximate surface area is 150 Å². The van der Waals surface area contributed by atoms with Crippen LogP contribution in [0, 0.1) is 0 Å². The number of carbonyl (C=O) groups excluding carboxylic acids is 2. The molecule has 1 aromatic rings. The first-order chi connectivity index (χ1) is 12.0. The van der Waals surface area contributed by atoms with Crippen molar-refractivity contribution >= 4 is 11.8 Å². The first-order valence-corrected chi connectivity index (χ1v) is 9.18. The summed E-state index contributed by atoms with van der Waals surface area (Å²) in [6, 6.07) is 10.1. The molecule has 0 aromatic heterocycles. The van der Waals surface area contributed by atoms with E-state index < -0.39 is 0 Å². The van der Waals surface area contributed by atoms with Gasteiger partial charge < -0.3 is 14.5 Å². The second-order valence-electron chi connectivity index (χ2n) is 6.95. The van der Waals surface area contributed by atoms with Gasteiger partial charge in [0.15, 0.2) is 0 Å². The number of rotatable bonds is 8. The highest BCUT2D eigenvalue weighted by Gasteiger charge is 2.23. The molecule has 1 heterocycles. The molecule has 0 aliphatic carbocycles. The van der Waals surface area contributed by atoms with E-state index >= 15 is 0 Å². The Bertz CT molecular complexity index is 553. The van der Waals surface area contributed by atoms with Gasteiger partial charge in [-0.25, -0.2) is 0 Å². The molecule has 0 spiro atoms. The molecule has 1 aromatic carbocycles. The van der Waals surface area contributed by atoms with E-state index in [0.29, 0.717) is 26.1 Å². The van der Waals surface area contributed by atoms with E-state index in [2.05, 4.69) is 0 Å². The van der Waals surface area contributed by atoms with Crippen molar-refractivity contribution < 1.29 is 14.3 Å². The molecule has 0 N–H and O–H groups in total. The highest BCUT2D eigenvalue weighted by molar-refractivity contribution is 5.78. The Hall–Kier alpha value is -1.88. The molecule has 138 valence electrons. The summed E-state index contributed by atoms with van der Waals surface area (Å²) in [4.78, 5) is 28.2. The number of hydrogen-bond acceptors (Lipinski definition) is 3. The number of nitrogens with zero attached hydrogens (tertiary/aromatic N) is 2. The van der Waals surface area contributed by atoms with Crippen molar-refractivity contribution in [2.24, 2.45) is 0 Å². The number of amides is 2. The standard InChI is InChI=1S/C20H30N2O3/c1-16(2)22(14-18-8-5-4-6-9-18)20(24)11-12-21(17(3)23)15-19-10-7-13-25-19/h4-6,8-9,16,19H,7,10-15H2,1-3H3. The smallest absolute Gasteiger partial charge is 0.224 e. The van der Waals surface area contributed by atoms with E-state index in [1.54, 1.807) is 11.8 Å². The molecule has 25 heavy (non-hydrogen) atoms. The normalized spacial score (nSPS) is 16.9. The predicted molar refractivity (Wildman–Crippen MR) is 98.0 cm³/mol. The van der Waals surface area contributed by atoms with Crippen LogP contribution < -0.4 is 0 Å². The summed E-state index contributed by atoms with van der Waals surface area (Å²) < 4.78 is 5.62. The van der Waals surface area contributed by atoms with Crippen LogP contribution in [0.15, 0.2) is 30.3 Å². The van der Waals surface area contributed by atoms with E-state index in [4.69, 9.17) is 4.74 Å². The number of ether oxygens (including phenoxy) is 1. The van der Waals surface area contributed by atoms with Gasteiger partial charge in [0.1, 0.15) is 0 Å². The van der Waals surface area contributed by atoms with Gasteiger partial charge in [0.05, 0.1) is 6.10 Å². The lowest BCUT2D eigenvalue weighted by atomic mass is 10.1. The Morgan fingerprint density at radius 1 is 1.24 bits per heavy atom. The van der Waals surface area contributed by atoms with Crippen LogP contribution in [0.25, 0.3) is 0 Å². The van der Waals surface area contributed by atoms with Gasteiger partial charge in [0, 0.05) is 45.6 Å². The molecule has 1 atom stereocenters. The van der Waals surface area contributed by atoms with Crippen LogP contribution in [-0.4, -0.2) is 53.5 Å². The molecule has 0 saturated carbocycles. The van der Waals surface area contributed by atoms with E-state index in [1.807, 2.05) is 49.1 Å². The maximum absolute atomic E-state index is 12.7. The third-order valence-electron chi connectivity index (χ3n) is 4.63. The topological polar surface area (TPSA) is 49.9 Å². The zero-order valence-electron chi connectivity index (χ0n) is 15.6. The molecule has 5 nitrogen and oxygen atoms in total. The van der Waals surface area contributed by atoms with Crippen molar-refractivity contribution in [3.8, 4) is 0 Å². The van der Waals surface area contributed by atoms with Crippen LogP contribution in [0.1, 0.15) is 45.6 Å². The van der Waals surface area contributed by atoms with Gasteiger partial charge >= 0.3 is 0 Å². The van der Waals surface area contributed by atoms with Gasteiger partial charge in [-0.3, -0.25) is 9.59 Å². The summed E-state index contributed by atoms with van der Waals surface area (Å²) in [5.41, 5.74) is 1.12. The fourth-order valence-corrected chi connectivity index (χ4v) is 3.12. The van der Waals surface area contributed by atoms with Crippen LogP contribution in [0.5, 0.6) is 0 Å². The fourth-order valence-electron chi connectivity index (χ4n) is 3.12. The molecule has 1 aliphatic rings. The molecule has 1 saturated heterocycles. The molecule has 0 bridgehead atoms. The Kier molecular flexibility index (Phi) is 7.44. The van der Waals surface area contributed by atoms with Crippen molar-refractivity contribution in [3.63, 3.8) is 0 Å². The highest BCUT2D eigenvalue weighted by atomic mass is 16.5. The molecule has 2 rings (SSSR count). The first-order valence-electron chi connectivity index (χ1n) is 9.18. The lowest BCUT2D eigenvalue weighted by Gasteiger charge is -2.29. The summed E-state index contributed by atoms with van der Waals surface area (Å²) in [7, 11) is 0. The van der Waals surface area contributed by atoms with Crippen LogP contribution in [-0.2, 0) is 20.9 Å². The Balaban J connectivity index is 1.90. The average molecular weight is 346 g/mol. The van der Waals surface area contributed by atoms with Gasteiger partial charge in [-0.1, -0.05) is 30.3 Å². The van der Waals surface area contributed by atoms with E-state index in [-0.39, 0.29) is 24.0 Å². The second kappa shape index (κ2) is 9.56. The number of carbonyl (C=O) groups is 2.